The number of aromatic amines is 1. The Morgan fingerprint density at radius 2 is 2.00 bits per heavy atom. The Hall–Kier alpha value is -3.48. The third-order valence-corrected chi connectivity index (χ3v) is 5.43. The van der Waals surface area contributed by atoms with E-state index in [1.165, 1.54) is 25.3 Å². The highest BCUT2D eigenvalue weighted by Gasteiger charge is 2.27. The van der Waals surface area contributed by atoms with Crippen LogP contribution in [0.4, 0.5) is 4.39 Å². The number of hydrogen-bond donors (Lipinski definition) is 2. The van der Waals surface area contributed by atoms with Gasteiger partial charge in [-0.2, -0.15) is 0 Å². The second kappa shape index (κ2) is 8.71. The van der Waals surface area contributed by atoms with Crippen molar-refractivity contribution in [3.05, 3.63) is 92.9 Å². The van der Waals surface area contributed by atoms with Crippen LogP contribution in [0.1, 0.15) is 57.8 Å². The number of hydrogen-bond acceptors (Lipinski definition) is 4. The summed E-state index contributed by atoms with van der Waals surface area (Å²) in [6.07, 6.45) is 2.32. The number of halogens is 1. The molecule has 7 heteroatoms. The zero-order valence-corrected chi connectivity index (χ0v) is 17.4. The summed E-state index contributed by atoms with van der Waals surface area (Å²) >= 11 is 0. The van der Waals surface area contributed by atoms with E-state index in [4.69, 9.17) is 4.74 Å². The van der Waals surface area contributed by atoms with Crippen LogP contribution in [-0.4, -0.2) is 23.0 Å². The molecule has 1 unspecified atom stereocenters. The van der Waals surface area contributed by atoms with Crippen molar-refractivity contribution in [1.29, 1.82) is 0 Å². The predicted molar refractivity (Wildman–Crippen MR) is 115 cm³/mol. The highest BCUT2D eigenvalue weighted by Crippen LogP contribution is 2.37. The lowest BCUT2D eigenvalue weighted by Gasteiger charge is -2.20. The number of benzene rings is 2. The molecule has 0 saturated heterocycles. The number of aryl methyl sites for hydroxylation is 1. The Morgan fingerprint density at radius 3 is 2.68 bits per heavy atom. The van der Waals surface area contributed by atoms with Gasteiger partial charge in [-0.3, -0.25) is 9.59 Å². The Labute approximate surface area is 179 Å². The fourth-order valence-corrected chi connectivity index (χ4v) is 3.68. The van der Waals surface area contributed by atoms with Gasteiger partial charge in [0.15, 0.2) is 0 Å². The lowest BCUT2D eigenvalue weighted by molar-refractivity contribution is 0.0933. The van der Waals surface area contributed by atoms with Gasteiger partial charge in [0.1, 0.15) is 17.4 Å². The first-order chi connectivity index (χ1) is 14.9. The van der Waals surface area contributed by atoms with E-state index in [-0.39, 0.29) is 17.3 Å². The smallest absolute Gasteiger partial charge is 0.255 e. The SMILES string of the molecule is COc1c(C)cccc1C(=O)NC(Cc1cc(=O)[nH]c(C2CC2)n1)c1ccc(F)cc1. The van der Waals surface area contributed by atoms with Gasteiger partial charge in [-0.15, -0.1) is 0 Å². The van der Waals surface area contributed by atoms with Crippen molar-refractivity contribution in [3.63, 3.8) is 0 Å². The van der Waals surface area contributed by atoms with E-state index >= 15 is 0 Å². The van der Waals surface area contributed by atoms with E-state index in [1.807, 2.05) is 13.0 Å². The maximum atomic E-state index is 13.5. The Balaban J connectivity index is 1.65. The molecule has 0 bridgehead atoms. The summed E-state index contributed by atoms with van der Waals surface area (Å²) in [6, 6.07) is 12.3. The Morgan fingerprint density at radius 1 is 1.26 bits per heavy atom. The molecule has 1 aromatic heterocycles. The minimum atomic E-state index is -0.500. The maximum absolute atomic E-state index is 13.5. The van der Waals surface area contributed by atoms with Crippen molar-refractivity contribution in [2.45, 2.75) is 38.1 Å². The van der Waals surface area contributed by atoms with Crippen molar-refractivity contribution < 1.29 is 13.9 Å². The van der Waals surface area contributed by atoms with Crippen LogP contribution in [0, 0.1) is 12.7 Å². The maximum Gasteiger partial charge on any atom is 0.255 e. The van der Waals surface area contributed by atoms with Gasteiger partial charge in [-0.25, -0.2) is 9.37 Å². The number of nitrogens with one attached hydrogen (secondary N) is 2. The molecule has 1 aliphatic rings. The van der Waals surface area contributed by atoms with Crippen LogP contribution in [0.25, 0.3) is 0 Å². The Kier molecular flexibility index (Phi) is 5.84. The van der Waals surface area contributed by atoms with Crippen LogP contribution in [0.3, 0.4) is 0 Å². The normalized spacial score (nSPS) is 14.2. The number of carbonyl (C=O) groups excluding carboxylic acids is 1. The summed E-state index contributed by atoms with van der Waals surface area (Å²) in [4.78, 5) is 32.6. The largest absolute Gasteiger partial charge is 0.496 e. The summed E-state index contributed by atoms with van der Waals surface area (Å²) in [5.41, 5.74) is 2.34. The monoisotopic (exact) mass is 421 g/mol. The number of H-pyrrole nitrogens is 1. The quantitative estimate of drug-likeness (QED) is 0.608. The molecule has 0 aliphatic heterocycles. The number of amides is 1. The van der Waals surface area contributed by atoms with Gasteiger partial charge in [0.2, 0.25) is 0 Å². The molecule has 2 aromatic carbocycles. The average molecular weight is 421 g/mol. The third kappa shape index (κ3) is 4.82. The molecular weight excluding hydrogens is 397 g/mol. The summed E-state index contributed by atoms with van der Waals surface area (Å²) in [7, 11) is 1.52. The molecule has 1 fully saturated rings. The zero-order chi connectivity index (χ0) is 22.0. The van der Waals surface area contributed by atoms with E-state index in [2.05, 4.69) is 15.3 Å². The second-order valence-corrected chi connectivity index (χ2v) is 7.83. The molecule has 0 radical (unpaired) electrons. The van der Waals surface area contributed by atoms with Crippen LogP contribution >= 0.6 is 0 Å². The van der Waals surface area contributed by atoms with Crippen molar-refractivity contribution >= 4 is 5.91 Å². The third-order valence-electron chi connectivity index (χ3n) is 5.43. The van der Waals surface area contributed by atoms with Crippen LogP contribution in [0.5, 0.6) is 5.75 Å². The number of ether oxygens (including phenoxy) is 1. The van der Waals surface area contributed by atoms with Gasteiger partial charge in [0, 0.05) is 18.4 Å². The van der Waals surface area contributed by atoms with Crippen LogP contribution in [-0.2, 0) is 6.42 Å². The molecule has 1 aliphatic carbocycles. The van der Waals surface area contributed by atoms with Crippen LogP contribution in [0.15, 0.2) is 53.3 Å². The molecule has 1 atom stereocenters. The summed E-state index contributed by atoms with van der Waals surface area (Å²) < 4.78 is 18.9. The molecule has 6 nitrogen and oxygen atoms in total. The number of carbonyl (C=O) groups is 1. The van der Waals surface area contributed by atoms with Gasteiger partial charge in [0.05, 0.1) is 24.4 Å². The molecule has 1 amide bonds. The standard InChI is InChI=1S/C24H24FN3O3/c1-14-4-3-5-19(22(14)31-2)24(30)27-20(15-8-10-17(25)11-9-15)12-18-13-21(29)28-23(26-18)16-6-7-16/h3-5,8-11,13,16,20H,6-7,12H2,1-2H3,(H,27,30)(H,26,28,29). The average Bonchev–Trinajstić information content (AvgIpc) is 3.59. The van der Waals surface area contributed by atoms with Crippen molar-refractivity contribution in [3.8, 4) is 5.75 Å². The second-order valence-electron chi connectivity index (χ2n) is 7.83. The van der Waals surface area contributed by atoms with Crippen molar-refractivity contribution in [1.82, 2.24) is 15.3 Å². The van der Waals surface area contributed by atoms with Crippen LogP contribution in [0.2, 0.25) is 0 Å². The van der Waals surface area contributed by atoms with Gasteiger partial charge in [-0.05, 0) is 49.1 Å². The minimum absolute atomic E-state index is 0.212. The van der Waals surface area contributed by atoms with Crippen molar-refractivity contribution in [2.75, 3.05) is 7.11 Å². The van der Waals surface area contributed by atoms with Crippen molar-refractivity contribution in [2.24, 2.45) is 0 Å². The molecule has 1 heterocycles. The molecule has 2 N–H and O–H groups in total. The fourth-order valence-electron chi connectivity index (χ4n) is 3.68. The Bertz CT molecular complexity index is 1150. The summed E-state index contributed by atoms with van der Waals surface area (Å²) in [5.74, 6) is 0.805. The molecule has 160 valence electrons. The topological polar surface area (TPSA) is 84.1 Å². The van der Waals surface area contributed by atoms with Gasteiger partial charge < -0.3 is 15.0 Å². The van der Waals surface area contributed by atoms with Crippen LogP contribution < -0.4 is 15.6 Å². The minimum Gasteiger partial charge on any atom is -0.496 e. The number of nitrogens with zero attached hydrogens (tertiary/aromatic N) is 1. The predicted octanol–water partition coefficient (Wildman–Crippen LogP) is 3.82. The fraction of sp³-hybridized carbons (Fsp3) is 0.292. The number of para-hydroxylation sites is 1. The van der Waals surface area contributed by atoms with E-state index in [0.29, 0.717) is 35.2 Å². The lowest BCUT2D eigenvalue weighted by atomic mass is 10.0. The first-order valence-corrected chi connectivity index (χ1v) is 10.2. The van der Waals surface area contributed by atoms with E-state index in [0.717, 1.165) is 24.0 Å². The van der Waals surface area contributed by atoms with E-state index < -0.39 is 6.04 Å². The number of methoxy groups -OCH3 is 1. The zero-order valence-electron chi connectivity index (χ0n) is 17.4. The first kappa shape index (κ1) is 20.8. The summed E-state index contributed by atoms with van der Waals surface area (Å²) in [5, 5.41) is 3.01. The first-order valence-electron chi connectivity index (χ1n) is 10.2. The lowest BCUT2D eigenvalue weighted by Crippen LogP contribution is -2.31. The van der Waals surface area contributed by atoms with Gasteiger partial charge in [-0.1, -0.05) is 24.3 Å². The molecule has 3 aromatic rings. The molecule has 0 spiro atoms. The highest BCUT2D eigenvalue weighted by molar-refractivity contribution is 5.97. The highest BCUT2D eigenvalue weighted by atomic mass is 19.1. The van der Waals surface area contributed by atoms with Gasteiger partial charge >= 0.3 is 0 Å². The molecule has 1 saturated carbocycles. The van der Waals surface area contributed by atoms with E-state index in [1.54, 1.807) is 24.3 Å². The number of aromatic nitrogens is 2. The van der Waals surface area contributed by atoms with E-state index in [9.17, 15) is 14.0 Å². The molecule has 31 heavy (non-hydrogen) atoms. The summed E-state index contributed by atoms with van der Waals surface area (Å²) in [6.45, 7) is 1.87. The molecular formula is C24H24FN3O3. The molecule has 4 rings (SSSR count). The number of rotatable bonds is 7. The van der Waals surface area contributed by atoms with Gasteiger partial charge in [0.25, 0.3) is 11.5 Å².